The molecular formula is C7H15NOS. The monoisotopic (exact) mass is 161 g/mol. The average molecular weight is 161 g/mol. The minimum absolute atomic E-state index is 0.663. The van der Waals surface area contributed by atoms with Crippen LogP contribution < -0.4 is 5.32 Å². The van der Waals surface area contributed by atoms with E-state index in [1.165, 1.54) is 5.57 Å². The fourth-order valence-corrected chi connectivity index (χ4v) is 0.815. The Morgan fingerprint density at radius 2 is 2.20 bits per heavy atom. The second-order valence-electron chi connectivity index (χ2n) is 2.15. The number of thiol groups is 1. The van der Waals surface area contributed by atoms with Crippen molar-refractivity contribution in [2.45, 2.75) is 6.92 Å². The van der Waals surface area contributed by atoms with Gasteiger partial charge in [0.15, 0.2) is 0 Å². The van der Waals surface area contributed by atoms with E-state index in [2.05, 4.69) is 17.9 Å². The molecule has 0 saturated carbocycles. The van der Waals surface area contributed by atoms with Crippen LogP contribution in [0.25, 0.3) is 0 Å². The maximum absolute atomic E-state index is 4.97. The third-order valence-corrected chi connectivity index (χ3v) is 1.54. The topological polar surface area (TPSA) is 21.3 Å². The summed E-state index contributed by atoms with van der Waals surface area (Å²) in [4.78, 5) is 1.04. The molecule has 3 heteroatoms. The van der Waals surface area contributed by atoms with E-state index in [1.807, 2.05) is 14.0 Å². The third-order valence-electron chi connectivity index (χ3n) is 1.22. The molecule has 0 fully saturated rings. The average Bonchev–Trinajstić information content (AvgIpc) is 1.87. The van der Waals surface area contributed by atoms with Gasteiger partial charge >= 0.3 is 0 Å². The molecule has 0 aliphatic rings. The zero-order valence-corrected chi connectivity index (χ0v) is 7.66. The molecule has 0 aromatic carbocycles. The van der Waals surface area contributed by atoms with Gasteiger partial charge in [0.1, 0.15) is 0 Å². The van der Waals surface area contributed by atoms with Crippen LogP contribution in [-0.4, -0.2) is 27.3 Å². The predicted molar refractivity (Wildman–Crippen MR) is 47.5 cm³/mol. The third kappa shape index (κ3) is 3.93. The fourth-order valence-electron chi connectivity index (χ4n) is 0.671. The highest BCUT2D eigenvalue weighted by molar-refractivity contribution is 7.84. The van der Waals surface area contributed by atoms with Crippen molar-refractivity contribution in [3.8, 4) is 0 Å². The van der Waals surface area contributed by atoms with Crippen LogP contribution in [0.3, 0.4) is 0 Å². The summed E-state index contributed by atoms with van der Waals surface area (Å²) in [6.07, 6.45) is 0. The highest BCUT2D eigenvalue weighted by Gasteiger charge is 1.96. The van der Waals surface area contributed by atoms with E-state index in [1.54, 1.807) is 7.11 Å². The van der Waals surface area contributed by atoms with Crippen LogP contribution in [-0.2, 0) is 4.74 Å². The summed E-state index contributed by atoms with van der Waals surface area (Å²) in [5.41, 5.74) is 1.20. The summed E-state index contributed by atoms with van der Waals surface area (Å²) >= 11 is 4.22. The molecular weight excluding hydrogens is 146 g/mol. The van der Waals surface area contributed by atoms with Crippen molar-refractivity contribution in [3.05, 3.63) is 10.5 Å². The van der Waals surface area contributed by atoms with Gasteiger partial charge in [-0.3, -0.25) is 0 Å². The molecule has 60 valence electrons. The van der Waals surface area contributed by atoms with E-state index in [9.17, 15) is 0 Å². The quantitative estimate of drug-likeness (QED) is 0.602. The Labute approximate surface area is 68.1 Å². The summed E-state index contributed by atoms with van der Waals surface area (Å²) in [6, 6.07) is 0. The smallest absolute Gasteiger partial charge is 0.0695 e. The first-order valence-corrected chi connectivity index (χ1v) is 3.68. The van der Waals surface area contributed by atoms with Crippen molar-refractivity contribution in [2.24, 2.45) is 0 Å². The van der Waals surface area contributed by atoms with Crippen LogP contribution in [0.15, 0.2) is 10.5 Å². The largest absolute Gasteiger partial charge is 0.380 e. The molecule has 0 unspecified atom stereocenters. The fraction of sp³-hybridized carbons (Fsp3) is 0.714. The summed E-state index contributed by atoms with van der Waals surface area (Å²) in [5.74, 6) is 0. The minimum Gasteiger partial charge on any atom is -0.380 e. The van der Waals surface area contributed by atoms with Gasteiger partial charge in [-0.15, -0.1) is 12.6 Å². The van der Waals surface area contributed by atoms with E-state index < -0.39 is 0 Å². The Bertz CT molecular complexity index is 111. The zero-order chi connectivity index (χ0) is 7.98. The van der Waals surface area contributed by atoms with Gasteiger partial charge in [0.2, 0.25) is 0 Å². The van der Waals surface area contributed by atoms with Crippen LogP contribution in [0, 0.1) is 0 Å². The Morgan fingerprint density at radius 3 is 2.50 bits per heavy atom. The molecule has 0 amide bonds. The lowest BCUT2D eigenvalue weighted by Gasteiger charge is -2.06. The predicted octanol–water partition coefficient (Wildman–Crippen LogP) is 1.06. The molecule has 0 aliphatic carbocycles. The van der Waals surface area contributed by atoms with Gasteiger partial charge < -0.3 is 10.1 Å². The van der Waals surface area contributed by atoms with E-state index >= 15 is 0 Å². The minimum atomic E-state index is 0.663. The number of rotatable bonds is 4. The normalized spacial score (nSPS) is 13.2. The zero-order valence-electron chi connectivity index (χ0n) is 6.77. The first-order chi connectivity index (χ1) is 4.72. The Balaban J connectivity index is 3.86. The molecule has 0 aromatic heterocycles. The lowest BCUT2D eigenvalue weighted by atomic mass is 10.2. The number of hydrogen-bond donors (Lipinski definition) is 2. The van der Waals surface area contributed by atoms with Gasteiger partial charge in [-0.05, 0) is 24.4 Å². The van der Waals surface area contributed by atoms with Crippen LogP contribution in [0.2, 0.25) is 0 Å². The standard InChI is InChI=1S/C7H15NOS/c1-6(10)7(4-8-2)5-9-3/h8,10H,4-5H2,1-3H3/b7-6-. The van der Waals surface area contributed by atoms with Crippen molar-refractivity contribution in [3.63, 3.8) is 0 Å². The number of hydrogen-bond acceptors (Lipinski definition) is 3. The van der Waals surface area contributed by atoms with Crippen molar-refractivity contribution >= 4 is 12.6 Å². The summed E-state index contributed by atoms with van der Waals surface area (Å²) in [6.45, 7) is 3.48. The molecule has 0 saturated heterocycles. The number of ether oxygens (including phenoxy) is 1. The molecule has 0 aromatic rings. The number of nitrogens with one attached hydrogen (secondary N) is 1. The van der Waals surface area contributed by atoms with Gasteiger partial charge in [0.05, 0.1) is 6.61 Å². The lowest BCUT2D eigenvalue weighted by Crippen LogP contribution is -2.14. The molecule has 10 heavy (non-hydrogen) atoms. The Morgan fingerprint density at radius 1 is 1.60 bits per heavy atom. The van der Waals surface area contributed by atoms with Crippen LogP contribution >= 0.6 is 12.6 Å². The second kappa shape index (κ2) is 5.77. The first kappa shape index (κ1) is 10.0. The van der Waals surface area contributed by atoms with Crippen LogP contribution in [0.5, 0.6) is 0 Å². The maximum atomic E-state index is 4.97. The molecule has 0 spiro atoms. The van der Waals surface area contributed by atoms with Crippen molar-refractivity contribution < 1.29 is 4.74 Å². The van der Waals surface area contributed by atoms with Gasteiger partial charge in [-0.1, -0.05) is 0 Å². The van der Waals surface area contributed by atoms with Gasteiger partial charge in [-0.25, -0.2) is 0 Å². The Kier molecular flexibility index (Phi) is 5.78. The molecule has 0 bridgehead atoms. The number of methoxy groups -OCH3 is 1. The number of likely N-dealkylation sites (N-methyl/N-ethyl adjacent to an activating group) is 1. The second-order valence-corrected chi connectivity index (χ2v) is 2.82. The highest BCUT2D eigenvalue weighted by Crippen LogP contribution is 2.06. The molecule has 2 nitrogen and oxygen atoms in total. The van der Waals surface area contributed by atoms with E-state index in [-0.39, 0.29) is 0 Å². The summed E-state index contributed by atoms with van der Waals surface area (Å²) in [5, 5.41) is 3.05. The number of allylic oxidation sites excluding steroid dienone is 1. The molecule has 0 radical (unpaired) electrons. The summed E-state index contributed by atoms with van der Waals surface area (Å²) in [7, 11) is 3.60. The summed E-state index contributed by atoms with van der Waals surface area (Å²) < 4.78 is 4.97. The van der Waals surface area contributed by atoms with E-state index in [4.69, 9.17) is 4.74 Å². The van der Waals surface area contributed by atoms with E-state index in [0.29, 0.717) is 6.61 Å². The van der Waals surface area contributed by atoms with Crippen LogP contribution in [0.4, 0.5) is 0 Å². The molecule has 0 heterocycles. The SMILES string of the molecule is CNC/C(COC)=C(\C)S. The maximum Gasteiger partial charge on any atom is 0.0695 e. The Hall–Kier alpha value is 0.01000. The first-order valence-electron chi connectivity index (χ1n) is 3.23. The van der Waals surface area contributed by atoms with Crippen molar-refractivity contribution in [2.75, 3.05) is 27.3 Å². The van der Waals surface area contributed by atoms with Crippen LogP contribution in [0.1, 0.15) is 6.92 Å². The van der Waals surface area contributed by atoms with Gasteiger partial charge in [0.25, 0.3) is 0 Å². The molecule has 1 N–H and O–H groups in total. The van der Waals surface area contributed by atoms with Gasteiger partial charge in [-0.2, -0.15) is 0 Å². The van der Waals surface area contributed by atoms with Crippen molar-refractivity contribution in [1.82, 2.24) is 5.32 Å². The highest BCUT2D eigenvalue weighted by atomic mass is 32.1. The van der Waals surface area contributed by atoms with Gasteiger partial charge in [0, 0.05) is 13.7 Å². The lowest BCUT2D eigenvalue weighted by molar-refractivity contribution is 0.223. The van der Waals surface area contributed by atoms with E-state index in [0.717, 1.165) is 11.4 Å². The molecule has 0 atom stereocenters. The molecule has 0 aliphatic heterocycles. The molecule has 0 rings (SSSR count). The van der Waals surface area contributed by atoms with Crippen molar-refractivity contribution in [1.29, 1.82) is 0 Å².